The Labute approximate surface area is 207 Å². The summed E-state index contributed by atoms with van der Waals surface area (Å²) < 4.78 is 36.6. The summed E-state index contributed by atoms with van der Waals surface area (Å²) in [5.74, 6) is 3.50. The maximum atomic E-state index is 11.8. The van der Waals surface area contributed by atoms with Crippen molar-refractivity contribution in [2.24, 2.45) is 46.3 Å². The van der Waals surface area contributed by atoms with Crippen molar-refractivity contribution in [2.45, 2.75) is 123 Å². The lowest BCUT2D eigenvalue weighted by Crippen LogP contribution is -2.68. The van der Waals surface area contributed by atoms with Gasteiger partial charge in [-0.25, -0.2) is 4.18 Å². The quantitative estimate of drug-likeness (QED) is 0.405. The van der Waals surface area contributed by atoms with Gasteiger partial charge in [0.1, 0.15) is 0 Å². The molecule has 0 radical (unpaired) electrons. The zero-order valence-corrected chi connectivity index (χ0v) is 22.7. The predicted octanol–water partition coefficient (Wildman–Crippen LogP) is 5.38. The molecule has 3 N–H and O–H groups in total. The third-order valence-corrected chi connectivity index (χ3v) is 11.8. The molecule has 7 heteroatoms. The zero-order chi connectivity index (χ0) is 25.1. The van der Waals surface area contributed by atoms with Gasteiger partial charge in [-0.3, -0.25) is 4.55 Å². The highest BCUT2D eigenvalue weighted by Crippen LogP contribution is 2.69. The first-order chi connectivity index (χ1) is 15.7. The van der Waals surface area contributed by atoms with Crippen LogP contribution in [0.15, 0.2) is 0 Å². The van der Waals surface area contributed by atoms with Crippen LogP contribution in [0, 0.1) is 46.3 Å². The molecule has 0 aliphatic heterocycles. The summed E-state index contributed by atoms with van der Waals surface area (Å²) in [6.07, 6.45) is 8.60. The molecule has 4 rings (SSSR count). The molecule has 0 aromatic rings. The van der Waals surface area contributed by atoms with Gasteiger partial charge in [0.05, 0.1) is 17.8 Å². The second-order valence-corrected chi connectivity index (χ2v) is 14.4. The van der Waals surface area contributed by atoms with Crippen LogP contribution < -0.4 is 0 Å². The molecule has 6 nitrogen and oxygen atoms in total. The summed E-state index contributed by atoms with van der Waals surface area (Å²) in [5.41, 5.74) is -1.57. The Morgan fingerprint density at radius 3 is 2.35 bits per heavy atom. The van der Waals surface area contributed by atoms with Crippen molar-refractivity contribution in [3.8, 4) is 0 Å². The minimum absolute atomic E-state index is 0.0467. The Balaban J connectivity index is 1.52. The first-order valence-corrected chi connectivity index (χ1v) is 15.1. The smallest absolute Gasteiger partial charge is 0.390 e. The number of rotatable bonds is 7. The van der Waals surface area contributed by atoms with Crippen LogP contribution in [-0.2, 0) is 14.6 Å². The summed E-state index contributed by atoms with van der Waals surface area (Å²) in [5, 5.41) is 23.1. The van der Waals surface area contributed by atoms with Gasteiger partial charge in [-0.05, 0) is 85.9 Å². The second kappa shape index (κ2) is 9.27. The molecular formula is C27H48O6S. The van der Waals surface area contributed by atoms with Crippen LogP contribution >= 0.6 is 0 Å². The van der Waals surface area contributed by atoms with Gasteiger partial charge in [-0.15, -0.1) is 0 Å². The van der Waals surface area contributed by atoms with Gasteiger partial charge < -0.3 is 10.2 Å². The highest BCUT2D eigenvalue weighted by molar-refractivity contribution is 7.80. The molecule has 0 bridgehead atoms. The number of hydrogen-bond donors (Lipinski definition) is 3. The molecular weight excluding hydrogens is 452 g/mol. The van der Waals surface area contributed by atoms with Crippen molar-refractivity contribution in [3.63, 3.8) is 0 Å². The Kier molecular flexibility index (Phi) is 7.32. The Hall–Kier alpha value is -0.210. The van der Waals surface area contributed by atoms with E-state index in [-0.39, 0.29) is 6.42 Å². The summed E-state index contributed by atoms with van der Waals surface area (Å²) in [6, 6.07) is 0. The minimum atomic E-state index is -4.59. The highest BCUT2D eigenvalue weighted by atomic mass is 32.3. The van der Waals surface area contributed by atoms with E-state index in [0.29, 0.717) is 42.4 Å². The Morgan fingerprint density at radius 1 is 1.00 bits per heavy atom. The van der Waals surface area contributed by atoms with Crippen LogP contribution in [0.2, 0.25) is 0 Å². The van der Waals surface area contributed by atoms with Gasteiger partial charge in [0.25, 0.3) is 0 Å². The lowest BCUT2D eigenvalue weighted by atomic mass is 9.42. The normalized spacial score (nSPS) is 47.7. The van der Waals surface area contributed by atoms with Gasteiger partial charge >= 0.3 is 10.4 Å². The molecule has 4 fully saturated rings. The van der Waals surface area contributed by atoms with E-state index >= 15 is 0 Å². The molecule has 198 valence electrons. The van der Waals surface area contributed by atoms with Crippen LogP contribution in [-0.4, -0.2) is 41.0 Å². The van der Waals surface area contributed by atoms with Crippen molar-refractivity contribution >= 4 is 10.4 Å². The van der Waals surface area contributed by atoms with Gasteiger partial charge in [0, 0.05) is 11.8 Å². The van der Waals surface area contributed by atoms with E-state index in [4.69, 9.17) is 8.74 Å². The fraction of sp³-hybridized carbons (Fsp3) is 1.00. The molecule has 4 saturated carbocycles. The van der Waals surface area contributed by atoms with Gasteiger partial charge in [0.2, 0.25) is 0 Å². The Morgan fingerprint density at radius 2 is 1.71 bits per heavy atom. The second-order valence-electron chi connectivity index (χ2n) is 13.4. The van der Waals surface area contributed by atoms with E-state index in [1.165, 1.54) is 38.5 Å². The maximum Gasteiger partial charge on any atom is 0.397 e. The average molecular weight is 501 g/mol. The molecule has 0 aromatic carbocycles. The van der Waals surface area contributed by atoms with Crippen molar-refractivity contribution in [1.29, 1.82) is 0 Å². The summed E-state index contributed by atoms with van der Waals surface area (Å²) >= 11 is 0. The minimum Gasteiger partial charge on any atom is -0.390 e. The van der Waals surface area contributed by atoms with Crippen molar-refractivity contribution in [3.05, 3.63) is 0 Å². The first kappa shape index (κ1) is 26.8. The van der Waals surface area contributed by atoms with Crippen molar-refractivity contribution < 1.29 is 27.4 Å². The molecule has 0 amide bonds. The van der Waals surface area contributed by atoms with E-state index in [1.54, 1.807) is 0 Å². The third-order valence-electron chi connectivity index (χ3n) is 11.3. The van der Waals surface area contributed by atoms with Crippen molar-refractivity contribution in [1.82, 2.24) is 0 Å². The highest BCUT2D eigenvalue weighted by Gasteiger charge is 2.67. The van der Waals surface area contributed by atoms with Crippen LogP contribution in [0.4, 0.5) is 0 Å². The fourth-order valence-corrected chi connectivity index (χ4v) is 10.0. The van der Waals surface area contributed by atoms with E-state index in [0.717, 1.165) is 24.2 Å². The molecule has 4 aliphatic carbocycles. The van der Waals surface area contributed by atoms with Crippen LogP contribution in [0.1, 0.15) is 105 Å². The van der Waals surface area contributed by atoms with Crippen LogP contribution in [0.25, 0.3) is 0 Å². The summed E-state index contributed by atoms with van der Waals surface area (Å²) in [7, 11) is -4.59. The molecule has 0 unspecified atom stereocenters. The van der Waals surface area contributed by atoms with Crippen LogP contribution in [0.3, 0.4) is 0 Å². The molecule has 10 atom stereocenters. The number of fused-ring (bicyclic) bond motifs is 5. The van der Waals surface area contributed by atoms with Gasteiger partial charge in [-0.1, -0.05) is 53.9 Å². The number of hydrogen-bond acceptors (Lipinski definition) is 5. The summed E-state index contributed by atoms with van der Waals surface area (Å²) in [4.78, 5) is 0. The number of aliphatic hydroxyl groups is 2. The monoisotopic (exact) mass is 500 g/mol. The molecule has 0 heterocycles. The number of aliphatic hydroxyl groups excluding tert-OH is 1. The third kappa shape index (κ3) is 4.51. The lowest BCUT2D eigenvalue weighted by molar-refractivity contribution is -0.263. The molecule has 0 aromatic heterocycles. The largest absolute Gasteiger partial charge is 0.397 e. The molecule has 0 spiro atoms. The van der Waals surface area contributed by atoms with Crippen molar-refractivity contribution in [2.75, 3.05) is 0 Å². The first-order valence-electron chi connectivity index (χ1n) is 13.8. The van der Waals surface area contributed by atoms with E-state index in [9.17, 15) is 18.6 Å². The van der Waals surface area contributed by atoms with Crippen LogP contribution in [0.5, 0.6) is 0 Å². The molecule has 4 aliphatic rings. The SMILES string of the molecule is CC(C)CCC[C@@H](C)[C@H]1CC[C@H]2[C@@H]3C[C@@H](O)[C@@]4(O)C[C@@H](OS(=O)(=O)O)CC[C@]4(C)[C@H]3CC[C@]12C. The zero-order valence-electron chi connectivity index (χ0n) is 21.9. The summed E-state index contributed by atoms with van der Waals surface area (Å²) in [6.45, 7) is 11.7. The topological polar surface area (TPSA) is 104 Å². The lowest BCUT2D eigenvalue weighted by Gasteiger charge is -2.65. The van der Waals surface area contributed by atoms with E-state index in [2.05, 4.69) is 34.6 Å². The Bertz CT molecular complexity index is 844. The van der Waals surface area contributed by atoms with Gasteiger partial charge in [-0.2, -0.15) is 8.42 Å². The van der Waals surface area contributed by atoms with E-state index < -0.39 is 33.6 Å². The standard InChI is InChI=1S/C27H48O6S/c1-17(2)7-6-8-18(3)21-9-10-22-20-15-24(28)27(29)16-19(33-34(30,31)32)11-14-26(27,5)23(20)12-13-25(21,22)4/h17-24,28-29H,6-16H2,1-5H3,(H,30,31,32)/t18-,19+,20+,21-,22+,23+,24-,25-,26-,27+/m1/s1. The molecule has 0 saturated heterocycles. The van der Waals surface area contributed by atoms with Gasteiger partial charge in [0.15, 0.2) is 0 Å². The average Bonchev–Trinajstić information content (AvgIpc) is 3.06. The molecule has 34 heavy (non-hydrogen) atoms. The predicted molar refractivity (Wildman–Crippen MR) is 132 cm³/mol. The maximum absolute atomic E-state index is 11.8. The fourth-order valence-electron chi connectivity index (χ4n) is 9.52. The van der Waals surface area contributed by atoms with E-state index in [1.807, 2.05) is 0 Å².